The standard InChI is InChI=1S/C17H19NO3/c1-12(18)11-13-7-9-15(10-8-13)21-16(17(19)20)14-5-3-2-4-6-14/h2-10,12,16H,11,18H2,1H3,(H,19,20). The van der Waals surface area contributed by atoms with Crippen LogP contribution in [0, 0.1) is 0 Å². The first-order chi connectivity index (χ1) is 10.1. The van der Waals surface area contributed by atoms with Gasteiger partial charge >= 0.3 is 5.97 Å². The summed E-state index contributed by atoms with van der Waals surface area (Å²) in [5.41, 5.74) is 7.47. The van der Waals surface area contributed by atoms with Gasteiger partial charge in [0, 0.05) is 11.6 Å². The lowest BCUT2D eigenvalue weighted by Gasteiger charge is -2.16. The molecule has 2 unspecified atom stereocenters. The van der Waals surface area contributed by atoms with Gasteiger partial charge in [0.25, 0.3) is 0 Å². The van der Waals surface area contributed by atoms with E-state index >= 15 is 0 Å². The number of hydrogen-bond acceptors (Lipinski definition) is 3. The van der Waals surface area contributed by atoms with Gasteiger partial charge in [-0.25, -0.2) is 4.79 Å². The van der Waals surface area contributed by atoms with Gasteiger partial charge in [-0.2, -0.15) is 0 Å². The fourth-order valence-electron chi connectivity index (χ4n) is 2.10. The molecule has 0 radical (unpaired) electrons. The number of carboxylic acid groups (broad SMARTS) is 1. The molecule has 0 spiro atoms. The van der Waals surface area contributed by atoms with Crippen LogP contribution < -0.4 is 10.5 Å². The fraction of sp³-hybridized carbons (Fsp3) is 0.235. The second kappa shape index (κ2) is 6.90. The molecule has 2 rings (SSSR count). The van der Waals surface area contributed by atoms with Crippen molar-refractivity contribution in [3.63, 3.8) is 0 Å². The fourth-order valence-corrected chi connectivity index (χ4v) is 2.10. The Morgan fingerprint density at radius 1 is 1.14 bits per heavy atom. The van der Waals surface area contributed by atoms with Crippen LogP contribution in [-0.4, -0.2) is 17.1 Å². The number of benzene rings is 2. The predicted molar refractivity (Wildman–Crippen MR) is 81.2 cm³/mol. The molecule has 0 aliphatic rings. The molecule has 0 saturated heterocycles. The second-order valence-electron chi connectivity index (χ2n) is 5.07. The first-order valence-corrected chi connectivity index (χ1v) is 6.85. The van der Waals surface area contributed by atoms with Crippen LogP contribution in [0.25, 0.3) is 0 Å². The SMILES string of the molecule is CC(N)Cc1ccc(OC(C(=O)O)c2ccccc2)cc1. The smallest absolute Gasteiger partial charge is 0.349 e. The molecule has 0 amide bonds. The van der Waals surface area contributed by atoms with Crippen molar-refractivity contribution in [1.82, 2.24) is 0 Å². The number of ether oxygens (including phenoxy) is 1. The Hall–Kier alpha value is -2.33. The Morgan fingerprint density at radius 2 is 1.76 bits per heavy atom. The van der Waals surface area contributed by atoms with Crippen molar-refractivity contribution in [2.45, 2.75) is 25.5 Å². The van der Waals surface area contributed by atoms with E-state index in [9.17, 15) is 9.90 Å². The van der Waals surface area contributed by atoms with Crippen molar-refractivity contribution < 1.29 is 14.6 Å². The van der Waals surface area contributed by atoms with Gasteiger partial charge < -0.3 is 15.6 Å². The Morgan fingerprint density at radius 3 is 2.29 bits per heavy atom. The van der Waals surface area contributed by atoms with Crippen molar-refractivity contribution in [3.8, 4) is 5.75 Å². The zero-order valence-corrected chi connectivity index (χ0v) is 11.9. The summed E-state index contributed by atoms with van der Waals surface area (Å²) in [6, 6.07) is 16.4. The second-order valence-corrected chi connectivity index (χ2v) is 5.07. The van der Waals surface area contributed by atoms with Crippen LogP contribution in [0.5, 0.6) is 5.75 Å². The molecule has 21 heavy (non-hydrogen) atoms. The third kappa shape index (κ3) is 4.33. The first-order valence-electron chi connectivity index (χ1n) is 6.85. The Balaban J connectivity index is 2.13. The number of hydrogen-bond donors (Lipinski definition) is 2. The average Bonchev–Trinajstić information content (AvgIpc) is 2.46. The number of nitrogens with two attached hydrogens (primary N) is 1. The molecule has 2 aromatic carbocycles. The highest BCUT2D eigenvalue weighted by Crippen LogP contribution is 2.23. The summed E-state index contributed by atoms with van der Waals surface area (Å²) in [4.78, 5) is 11.4. The number of carboxylic acids is 1. The highest BCUT2D eigenvalue weighted by Gasteiger charge is 2.21. The summed E-state index contributed by atoms with van der Waals surface area (Å²) >= 11 is 0. The molecule has 0 aromatic heterocycles. The molecule has 0 heterocycles. The van der Waals surface area contributed by atoms with E-state index in [1.54, 1.807) is 36.4 Å². The largest absolute Gasteiger partial charge is 0.478 e. The topological polar surface area (TPSA) is 72.5 Å². The van der Waals surface area contributed by atoms with E-state index in [1.807, 2.05) is 25.1 Å². The molecule has 4 nitrogen and oxygen atoms in total. The van der Waals surface area contributed by atoms with Crippen LogP contribution in [0.2, 0.25) is 0 Å². The molecule has 0 fully saturated rings. The Labute approximate surface area is 124 Å². The van der Waals surface area contributed by atoms with E-state index in [1.165, 1.54) is 0 Å². The maximum absolute atomic E-state index is 11.4. The van der Waals surface area contributed by atoms with Crippen LogP contribution in [-0.2, 0) is 11.2 Å². The zero-order chi connectivity index (χ0) is 15.2. The van der Waals surface area contributed by atoms with Crippen LogP contribution >= 0.6 is 0 Å². The molecule has 2 aromatic rings. The molecule has 3 N–H and O–H groups in total. The molecule has 0 bridgehead atoms. The van der Waals surface area contributed by atoms with E-state index in [-0.39, 0.29) is 6.04 Å². The number of aliphatic carboxylic acids is 1. The van der Waals surface area contributed by atoms with Gasteiger partial charge in [-0.15, -0.1) is 0 Å². The third-order valence-corrected chi connectivity index (χ3v) is 3.06. The third-order valence-electron chi connectivity index (χ3n) is 3.06. The van der Waals surface area contributed by atoms with Crippen LogP contribution in [0.4, 0.5) is 0 Å². The van der Waals surface area contributed by atoms with Crippen molar-refractivity contribution in [2.24, 2.45) is 5.73 Å². The highest BCUT2D eigenvalue weighted by molar-refractivity contribution is 5.74. The highest BCUT2D eigenvalue weighted by atomic mass is 16.5. The number of rotatable bonds is 6. The Bertz CT molecular complexity index is 579. The predicted octanol–water partition coefficient (Wildman–Crippen LogP) is 2.78. The first kappa shape index (κ1) is 15.1. The lowest BCUT2D eigenvalue weighted by molar-refractivity contribution is -0.145. The summed E-state index contributed by atoms with van der Waals surface area (Å²) in [6.45, 7) is 1.94. The maximum atomic E-state index is 11.4. The summed E-state index contributed by atoms with van der Waals surface area (Å²) in [5.74, 6) is -0.486. The van der Waals surface area contributed by atoms with Gasteiger partial charge in [-0.05, 0) is 31.0 Å². The minimum absolute atomic E-state index is 0.0906. The maximum Gasteiger partial charge on any atom is 0.349 e. The van der Waals surface area contributed by atoms with Crippen LogP contribution in [0.3, 0.4) is 0 Å². The van der Waals surface area contributed by atoms with Gasteiger partial charge in [-0.3, -0.25) is 0 Å². The summed E-state index contributed by atoms with van der Waals surface area (Å²) in [6.07, 6.45) is -0.230. The monoisotopic (exact) mass is 285 g/mol. The van der Waals surface area contributed by atoms with Crippen molar-refractivity contribution in [1.29, 1.82) is 0 Å². The number of carbonyl (C=O) groups is 1. The molecule has 4 heteroatoms. The van der Waals surface area contributed by atoms with E-state index in [0.717, 1.165) is 12.0 Å². The average molecular weight is 285 g/mol. The van der Waals surface area contributed by atoms with Crippen molar-refractivity contribution in [2.75, 3.05) is 0 Å². The molecular weight excluding hydrogens is 266 g/mol. The van der Waals surface area contributed by atoms with Crippen LogP contribution in [0.15, 0.2) is 54.6 Å². The summed E-state index contributed by atoms with van der Waals surface area (Å²) in [5, 5.41) is 9.32. The van der Waals surface area contributed by atoms with Gasteiger partial charge in [0.05, 0.1) is 0 Å². The minimum Gasteiger partial charge on any atom is -0.478 e. The van der Waals surface area contributed by atoms with E-state index < -0.39 is 12.1 Å². The van der Waals surface area contributed by atoms with Crippen molar-refractivity contribution >= 4 is 5.97 Å². The van der Waals surface area contributed by atoms with Gasteiger partial charge in [0.2, 0.25) is 6.10 Å². The minimum atomic E-state index is -1.01. The van der Waals surface area contributed by atoms with E-state index in [2.05, 4.69) is 0 Å². The summed E-state index contributed by atoms with van der Waals surface area (Å²) in [7, 11) is 0. The molecular formula is C17H19NO3. The quantitative estimate of drug-likeness (QED) is 0.856. The van der Waals surface area contributed by atoms with Gasteiger partial charge in [0.15, 0.2) is 0 Å². The van der Waals surface area contributed by atoms with Gasteiger partial charge in [0.1, 0.15) is 5.75 Å². The van der Waals surface area contributed by atoms with Crippen LogP contribution in [0.1, 0.15) is 24.2 Å². The van der Waals surface area contributed by atoms with E-state index in [4.69, 9.17) is 10.5 Å². The lowest BCUT2D eigenvalue weighted by atomic mass is 10.1. The molecule has 2 atom stereocenters. The summed E-state index contributed by atoms with van der Waals surface area (Å²) < 4.78 is 5.59. The Kier molecular flexibility index (Phi) is 4.95. The van der Waals surface area contributed by atoms with Crippen molar-refractivity contribution in [3.05, 3.63) is 65.7 Å². The normalized spacial score (nSPS) is 13.4. The van der Waals surface area contributed by atoms with E-state index in [0.29, 0.717) is 11.3 Å². The zero-order valence-electron chi connectivity index (χ0n) is 11.9. The van der Waals surface area contributed by atoms with Gasteiger partial charge in [-0.1, -0.05) is 42.5 Å². The molecule has 0 saturated carbocycles. The molecule has 0 aliphatic carbocycles. The lowest BCUT2D eigenvalue weighted by Crippen LogP contribution is -2.18. The molecule has 110 valence electrons. The molecule has 0 aliphatic heterocycles.